The molecule has 1 aromatic heterocycles. The summed E-state index contributed by atoms with van der Waals surface area (Å²) in [5.41, 5.74) is 4.49. The van der Waals surface area contributed by atoms with Gasteiger partial charge in [-0.1, -0.05) is 18.2 Å². The molecule has 0 fully saturated rings. The first kappa shape index (κ1) is 18.0. The van der Waals surface area contributed by atoms with E-state index in [2.05, 4.69) is 10.3 Å². The molecule has 27 heavy (non-hydrogen) atoms. The maximum atomic E-state index is 13.9. The Hall–Kier alpha value is -3.81. The highest BCUT2D eigenvalue weighted by Gasteiger charge is 2.17. The Bertz CT molecular complexity index is 1070. The van der Waals surface area contributed by atoms with Crippen LogP contribution in [0.2, 0.25) is 0 Å². The molecule has 0 aliphatic carbocycles. The van der Waals surface area contributed by atoms with E-state index in [1.54, 1.807) is 0 Å². The number of hydrogen-bond donors (Lipinski definition) is 4. The molecule has 8 heteroatoms. The monoisotopic (exact) mass is 368 g/mol. The highest BCUT2D eigenvalue weighted by atomic mass is 19.1. The van der Waals surface area contributed by atoms with Crippen LogP contribution in [-0.4, -0.2) is 16.6 Å². The lowest BCUT2D eigenvalue weighted by Crippen LogP contribution is -2.20. The Kier molecular flexibility index (Phi) is 4.80. The molecular weight excluding hydrogens is 354 g/mol. The fourth-order valence-electron chi connectivity index (χ4n) is 2.53. The molecule has 0 saturated heterocycles. The van der Waals surface area contributed by atoms with Gasteiger partial charge in [0, 0.05) is 17.3 Å². The van der Waals surface area contributed by atoms with Crippen molar-refractivity contribution in [1.82, 2.24) is 4.98 Å². The number of halogens is 2. The van der Waals surface area contributed by atoms with Crippen LogP contribution < -0.4 is 16.6 Å². The van der Waals surface area contributed by atoms with E-state index in [9.17, 15) is 18.4 Å². The van der Waals surface area contributed by atoms with Gasteiger partial charge < -0.3 is 16.0 Å². The van der Waals surface area contributed by atoms with Gasteiger partial charge in [0.1, 0.15) is 17.3 Å². The lowest BCUT2D eigenvalue weighted by Gasteiger charge is -2.13. The molecule has 0 aliphatic heterocycles. The standard InChI is InChI=1S/C19H14F2N4O2/c20-12-2-1-3-13(21)17(12)25-14-8-9-24-19(27)15(14)16(22)10-4-6-11(7-5-10)18(23)26/h1-9,22H,(H2,23,26)(H2,24,25,27). The third kappa shape index (κ3) is 3.59. The lowest BCUT2D eigenvalue weighted by atomic mass is 10.0. The topological polar surface area (TPSA) is 112 Å². The van der Waals surface area contributed by atoms with Crippen LogP contribution in [0.15, 0.2) is 59.5 Å². The molecular formula is C19H14F2N4O2. The minimum absolute atomic E-state index is 0.0618. The largest absolute Gasteiger partial charge is 0.366 e. The second-order valence-electron chi connectivity index (χ2n) is 5.63. The number of aromatic nitrogens is 1. The fourth-order valence-corrected chi connectivity index (χ4v) is 2.53. The molecule has 136 valence electrons. The molecule has 0 aliphatic rings. The van der Waals surface area contributed by atoms with E-state index < -0.39 is 28.8 Å². The highest BCUT2D eigenvalue weighted by molar-refractivity contribution is 6.14. The molecule has 1 heterocycles. The molecule has 6 nitrogen and oxygen atoms in total. The number of anilines is 2. The van der Waals surface area contributed by atoms with E-state index in [0.29, 0.717) is 5.56 Å². The molecule has 0 bridgehead atoms. The molecule has 3 aromatic rings. The lowest BCUT2D eigenvalue weighted by molar-refractivity contribution is 0.100. The van der Waals surface area contributed by atoms with Crippen molar-refractivity contribution in [2.75, 3.05) is 5.32 Å². The summed E-state index contributed by atoms with van der Waals surface area (Å²) in [4.78, 5) is 25.9. The van der Waals surface area contributed by atoms with Crippen molar-refractivity contribution in [3.8, 4) is 0 Å². The number of rotatable bonds is 5. The molecule has 0 atom stereocenters. The van der Waals surface area contributed by atoms with Crippen LogP contribution in [0.1, 0.15) is 21.5 Å². The zero-order valence-corrected chi connectivity index (χ0v) is 13.8. The first-order valence-corrected chi connectivity index (χ1v) is 7.80. The van der Waals surface area contributed by atoms with Gasteiger partial charge in [0.15, 0.2) is 0 Å². The van der Waals surface area contributed by atoms with Gasteiger partial charge in [-0.05, 0) is 30.3 Å². The van der Waals surface area contributed by atoms with Gasteiger partial charge in [-0.25, -0.2) is 8.78 Å². The zero-order valence-electron chi connectivity index (χ0n) is 13.8. The summed E-state index contributed by atoms with van der Waals surface area (Å²) in [7, 11) is 0. The smallest absolute Gasteiger partial charge is 0.259 e. The minimum Gasteiger partial charge on any atom is -0.366 e. The third-order valence-electron chi connectivity index (χ3n) is 3.89. The van der Waals surface area contributed by atoms with Gasteiger partial charge in [-0.3, -0.25) is 15.0 Å². The Balaban J connectivity index is 2.04. The SMILES string of the molecule is N=C(c1ccc(C(N)=O)cc1)c1c(Nc2c(F)cccc2F)cc[nH]c1=O. The van der Waals surface area contributed by atoms with Gasteiger partial charge in [0.2, 0.25) is 5.91 Å². The number of para-hydroxylation sites is 1. The van der Waals surface area contributed by atoms with Gasteiger partial charge in [0.05, 0.1) is 17.0 Å². The molecule has 0 saturated carbocycles. The average molecular weight is 368 g/mol. The Morgan fingerprint density at radius 2 is 1.59 bits per heavy atom. The van der Waals surface area contributed by atoms with Crippen molar-refractivity contribution in [1.29, 1.82) is 5.41 Å². The van der Waals surface area contributed by atoms with Crippen molar-refractivity contribution in [2.45, 2.75) is 0 Å². The molecule has 0 spiro atoms. The number of nitrogens with one attached hydrogen (secondary N) is 3. The molecule has 0 unspecified atom stereocenters. The fraction of sp³-hybridized carbons (Fsp3) is 0. The van der Waals surface area contributed by atoms with Crippen molar-refractivity contribution in [3.05, 3.63) is 93.4 Å². The maximum absolute atomic E-state index is 13.9. The summed E-state index contributed by atoms with van der Waals surface area (Å²) in [6.07, 6.45) is 1.30. The summed E-state index contributed by atoms with van der Waals surface area (Å²) < 4.78 is 27.9. The molecule has 0 radical (unpaired) electrons. The van der Waals surface area contributed by atoms with E-state index in [0.717, 1.165) is 12.1 Å². The summed E-state index contributed by atoms with van der Waals surface area (Å²) in [6, 6.07) is 10.5. The number of aromatic amines is 1. The molecule has 1 amide bonds. The van der Waals surface area contributed by atoms with Crippen molar-refractivity contribution in [3.63, 3.8) is 0 Å². The van der Waals surface area contributed by atoms with Crippen molar-refractivity contribution in [2.24, 2.45) is 5.73 Å². The van der Waals surface area contributed by atoms with Crippen LogP contribution in [0.25, 0.3) is 0 Å². The Morgan fingerprint density at radius 3 is 2.19 bits per heavy atom. The third-order valence-corrected chi connectivity index (χ3v) is 3.89. The van der Waals surface area contributed by atoms with Gasteiger partial charge in [0.25, 0.3) is 5.56 Å². The number of H-pyrrole nitrogens is 1. The molecule has 3 rings (SSSR count). The van der Waals surface area contributed by atoms with Crippen LogP contribution in [0.5, 0.6) is 0 Å². The van der Waals surface area contributed by atoms with Crippen LogP contribution in [0.3, 0.4) is 0 Å². The zero-order chi connectivity index (χ0) is 19.6. The number of primary amides is 1. The maximum Gasteiger partial charge on any atom is 0.259 e. The van der Waals surface area contributed by atoms with E-state index >= 15 is 0 Å². The van der Waals surface area contributed by atoms with E-state index in [4.69, 9.17) is 11.1 Å². The predicted octanol–water partition coefficient (Wildman–Crippen LogP) is 2.91. The first-order valence-electron chi connectivity index (χ1n) is 7.80. The highest BCUT2D eigenvalue weighted by Crippen LogP contribution is 2.25. The number of carbonyl (C=O) groups excluding carboxylic acids is 1. The van der Waals surface area contributed by atoms with Crippen molar-refractivity contribution >= 4 is 23.0 Å². The van der Waals surface area contributed by atoms with Gasteiger partial charge in [-0.15, -0.1) is 0 Å². The number of carbonyl (C=O) groups is 1. The number of nitrogens with two attached hydrogens (primary N) is 1. The average Bonchev–Trinajstić information content (AvgIpc) is 2.64. The first-order chi connectivity index (χ1) is 12.9. The summed E-state index contributed by atoms with van der Waals surface area (Å²) in [5, 5.41) is 10.9. The second kappa shape index (κ2) is 7.20. The number of pyridine rings is 1. The van der Waals surface area contributed by atoms with Crippen molar-refractivity contribution < 1.29 is 13.6 Å². The van der Waals surface area contributed by atoms with Gasteiger partial charge >= 0.3 is 0 Å². The van der Waals surface area contributed by atoms with Crippen LogP contribution in [-0.2, 0) is 0 Å². The number of amides is 1. The summed E-state index contributed by atoms with van der Waals surface area (Å²) in [6.45, 7) is 0. The second-order valence-corrected chi connectivity index (χ2v) is 5.63. The van der Waals surface area contributed by atoms with Crippen LogP contribution >= 0.6 is 0 Å². The molecule has 5 N–H and O–H groups in total. The van der Waals surface area contributed by atoms with E-state index in [1.807, 2.05) is 0 Å². The summed E-state index contributed by atoms with van der Waals surface area (Å²) in [5.74, 6) is -2.29. The van der Waals surface area contributed by atoms with Crippen LogP contribution in [0.4, 0.5) is 20.2 Å². The minimum atomic E-state index is -0.835. The Labute approximate surface area is 152 Å². The summed E-state index contributed by atoms with van der Waals surface area (Å²) >= 11 is 0. The number of hydrogen-bond acceptors (Lipinski definition) is 4. The van der Waals surface area contributed by atoms with Gasteiger partial charge in [-0.2, -0.15) is 0 Å². The normalized spacial score (nSPS) is 10.4. The quantitative estimate of drug-likeness (QED) is 0.520. The number of benzene rings is 2. The Morgan fingerprint density at radius 1 is 1.00 bits per heavy atom. The van der Waals surface area contributed by atoms with E-state index in [-0.39, 0.29) is 22.5 Å². The van der Waals surface area contributed by atoms with E-state index in [1.165, 1.54) is 42.6 Å². The predicted molar refractivity (Wildman–Crippen MR) is 97.6 cm³/mol. The van der Waals surface area contributed by atoms with Crippen LogP contribution in [0, 0.1) is 17.0 Å². The molecule has 2 aromatic carbocycles.